The van der Waals surface area contributed by atoms with E-state index in [2.05, 4.69) is 13.0 Å². The van der Waals surface area contributed by atoms with Crippen LogP contribution < -0.4 is 0 Å². The van der Waals surface area contributed by atoms with Gasteiger partial charge in [0.2, 0.25) is 0 Å². The van der Waals surface area contributed by atoms with Crippen LogP contribution in [-0.4, -0.2) is 17.6 Å². The molecule has 3 aromatic rings. The standard InChI is InChI=1S/C22H22ClNO2/c1-4-5-10-26-22(25)19-13-20(16-6-8-17(23)9-7-16)24-21-15(3)11-14(2)12-18(19)21/h6-9,11-13H,4-5,10H2,1-3H3. The molecule has 0 aliphatic rings. The summed E-state index contributed by atoms with van der Waals surface area (Å²) in [6.45, 7) is 6.53. The van der Waals surface area contributed by atoms with Crippen molar-refractivity contribution in [2.75, 3.05) is 6.61 Å². The largest absolute Gasteiger partial charge is 0.462 e. The molecule has 134 valence electrons. The zero-order valence-corrected chi connectivity index (χ0v) is 16.1. The number of hydrogen-bond donors (Lipinski definition) is 0. The van der Waals surface area contributed by atoms with E-state index in [-0.39, 0.29) is 5.97 Å². The average Bonchev–Trinajstić information content (AvgIpc) is 2.62. The second-order valence-electron chi connectivity index (χ2n) is 6.53. The molecule has 0 fully saturated rings. The molecule has 1 aromatic heterocycles. The number of ether oxygens (including phenoxy) is 1. The highest BCUT2D eigenvalue weighted by Crippen LogP contribution is 2.29. The highest BCUT2D eigenvalue weighted by atomic mass is 35.5. The predicted molar refractivity (Wildman–Crippen MR) is 107 cm³/mol. The third kappa shape index (κ3) is 3.88. The predicted octanol–water partition coefficient (Wildman–Crippen LogP) is 6.13. The minimum atomic E-state index is -0.300. The Balaban J connectivity index is 2.16. The number of unbranched alkanes of at least 4 members (excludes halogenated alkanes) is 1. The number of fused-ring (bicyclic) bond motifs is 1. The fourth-order valence-corrected chi connectivity index (χ4v) is 3.13. The van der Waals surface area contributed by atoms with Gasteiger partial charge in [-0.05, 0) is 50.1 Å². The van der Waals surface area contributed by atoms with Crippen LogP contribution >= 0.6 is 11.6 Å². The van der Waals surface area contributed by atoms with Gasteiger partial charge in [-0.2, -0.15) is 0 Å². The molecule has 0 aliphatic heterocycles. The van der Waals surface area contributed by atoms with E-state index in [1.807, 2.05) is 50.2 Å². The number of benzene rings is 2. The zero-order chi connectivity index (χ0) is 18.7. The fourth-order valence-electron chi connectivity index (χ4n) is 3.01. The van der Waals surface area contributed by atoms with Crippen LogP contribution in [0, 0.1) is 13.8 Å². The molecule has 0 bridgehead atoms. The molecule has 4 heteroatoms. The maximum Gasteiger partial charge on any atom is 0.338 e. The lowest BCUT2D eigenvalue weighted by molar-refractivity contribution is 0.0502. The maximum absolute atomic E-state index is 12.7. The van der Waals surface area contributed by atoms with Crippen molar-refractivity contribution in [1.29, 1.82) is 0 Å². The van der Waals surface area contributed by atoms with Gasteiger partial charge in [0.1, 0.15) is 0 Å². The molecule has 26 heavy (non-hydrogen) atoms. The molecule has 0 unspecified atom stereocenters. The van der Waals surface area contributed by atoms with Crippen molar-refractivity contribution >= 4 is 28.5 Å². The van der Waals surface area contributed by atoms with Crippen LogP contribution in [0.4, 0.5) is 0 Å². The first-order valence-electron chi connectivity index (χ1n) is 8.84. The third-order valence-corrected chi connectivity index (χ3v) is 4.59. The van der Waals surface area contributed by atoms with Gasteiger partial charge in [0.25, 0.3) is 0 Å². The summed E-state index contributed by atoms with van der Waals surface area (Å²) in [4.78, 5) is 17.5. The Bertz CT molecular complexity index is 949. The lowest BCUT2D eigenvalue weighted by atomic mass is 10.00. The number of carbonyl (C=O) groups is 1. The van der Waals surface area contributed by atoms with E-state index in [1.165, 1.54) is 0 Å². The van der Waals surface area contributed by atoms with Crippen molar-refractivity contribution in [3.05, 3.63) is 64.2 Å². The highest BCUT2D eigenvalue weighted by molar-refractivity contribution is 6.30. The minimum absolute atomic E-state index is 0.300. The molecule has 1 heterocycles. The van der Waals surface area contributed by atoms with Crippen LogP contribution in [0.5, 0.6) is 0 Å². The maximum atomic E-state index is 12.7. The summed E-state index contributed by atoms with van der Waals surface area (Å²) in [6.07, 6.45) is 1.84. The quantitative estimate of drug-likeness (QED) is 0.402. The van der Waals surface area contributed by atoms with Gasteiger partial charge in [-0.3, -0.25) is 0 Å². The van der Waals surface area contributed by atoms with Crippen molar-refractivity contribution in [2.45, 2.75) is 33.6 Å². The Morgan fingerprint density at radius 2 is 1.85 bits per heavy atom. The van der Waals surface area contributed by atoms with Crippen LogP contribution in [0.3, 0.4) is 0 Å². The second kappa shape index (κ2) is 7.88. The summed E-state index contributed by atoms with van der Waals surface area (Å²) in [6, 6.07) is 13.4. The van der Waals surface area contributed by atoms with Gasteiger partial charge in [-0.1, -0.05) is 48.7 Å². The average molecular weight is 368 g/mol. The van der Waals surface area contributed by atoms with E-state index in [4.69, 9.17) is 21.3 Å². The van der Waals surface area contributed by atoms with Crippen molar-refractivity contribution < 1.29 is 9.53 Å². The number of aromatic nitrogens is 1. The van der Waals surface area contributed by atoms with E-state index in [9.17, 15) is 4.79 Å². The van der Waals surface area contributed by atoms with Crippen LogP contribution in [-0.2, 0) is 4.74 Å². The molecule has 0 aliphatic carbocycles. The number of pyridine rings is 1. The molecule has 3 rings (SSSR count). The summed E-state index contributed by atoms with van der Waals surface area (Å²) in [7, 11) is 0. The second-order valence-corrected chi connectivity index (χ2v) is 6.97. The molecule has 0 atom stereocenters. The first kappa shape index (κ1) is 18.4. The summed E-state index contributed by atoms with van der Waals surface area (Å²) in [5, 5.41) is 1.50. The van der Waals surface area contributed by atoms with Gasteiger partial charge >= 0.3 is 5.97 Å². The molecule has 2 aromatic carbocycles. The van der Waals surface area contributed by atoms with Crippen molar-refractivity contribution in [1.82, 2.24) is 4.98 Å². The van der Waals surface area contributed by atoms with Crippen molar-refractivity contribution in [3.63, 3.8) is 0 Å². The molecular weight excluding hydrogens is 346 g/mol. The van der Waals surface area contributed by atoms with Crippen LogP contribution in [0.25, 0.3) is 22.2 Å². The number of rotatable bonds is 5. The Morgan fingerprint density at radius 3 is 2.54 bits per heavy atom. The first-order chi connectivity index (χ1) is 12.5. The van der Waals surface area contributed by atoms with Gasteiger partial charge in [-0.15, -0.1) is 0 Å². The first-order valence-corrected chi connectivity index (χ1v) is 9.22. The van der Waals surface area contributed by atoms with Gasteiger partial charge < -0.3 is 4.74 Å². The van der Waals surface area contributed by atoms with Gasteiger partial charge in [0.05, 0.1) is 23.4 Å². The fraction of sp³-hybridized carbons (Fsp3) is 0.273. The monoisotopic (exact) mass is 367 g/mol. The van der Waals surface area contributed by atoms with Gasteiger partial charge in [0.15, 0.2) is 0 Å². The van der Waals surface area contributed by atoms with Gasteiger partial charge in [0, 0.05) is 16.0 Å². The summed E-state index contributed by atoms with van der Waals surface area (Å²) in [5.74, 6) is -0.300. The Hall–Kier alpha value is -2.39. The van der Waals surface area contributed by atoms with Crippen LogP contribution in [0.15, 0.2) is 42.5 Å². The molecule has 0 saturated carbocycles. The molecular formula is C22H22ClNO2. The summed E-state index contributed by atoms with van der Waals surface area (Å²) < 4.78 is 5.48. The van der Waals surface area contributed by atoms with E-state index < -0.39 is 0 Å². The van der Waals surface area contributed by atoms with Crippen molar-refractivity contribution in [2.24, 2.45) is 0 Å². The lowest BCUT2D eigenvalue weighted by Crippen LogP contribution is -2.08. The minimum Gasteiger partial charge on any atom is -0.462 e. The Morgan fingerprint density at radius 1 is 1.12 bits per heavy atom. The number of aryl methyl sites for hydroxylation is 2. The van der Waals surface area contributed by atoms with E-state index in [1.54, 1.807) is 0 Å². The number of halogens is 1. The number of esters is 1. The summed E-state index contributed by atoms with van der Waals surface area (Å²) >= 11 is 5.99. The lowest BCUT2D eigenvalue weighted by Gasteiger charge is -2.12. The third-order valence-electron chi connectivity index (χ3n) is 4.34. The molecule has 0 spiro atoms. The molecule has 0 saturated heterocycles. The topological polar surface area (TPSA) is 39.2 Å². The summed E-state index contributed by atoms with van der Waals surface area (Å²) in [5.41, 5.74) is 5.17. The normalized spacial score (nSPS) is 10.9. The van der Waals surface area contributed by atoms with Crippen LogP contribution in [0.2, 0.25) is 5.02 Å². The molecule has 0 amide bonds. The number of hydrogen-bond acceptors (Lipinski definition) is 3. The van der Waals surface area contributed by atoms with Crippen LogP contribution in [0.1, 0.15) is 41.3 Å². The van der Waals surface area contributed by atoms with Gasteiger partial charge in [-0.25, -0.2) is 9.78 Å². The molecule has 0 radical (unpaired) electrons. The van der Waals surface area contributed by atoms with E-state index in [0.717, 1.165) is 46.1 Å². The number of nitrogens with zero attached hydrogens (tertiary/aromatic N) is 1. The number of carbonyl (C=O) groups excluding carboxylic acids is 1. The van der Waals surface area contributed by atoms with E-state index >= 15 is 0 Å². The zero-order valence-electron chi connectivity index (χ0n) is 15.3. The SMILES string of the molecule is CCCCOC(=O)c1cc(-c2ccc(Cl)cc2)nc2c(C)cc(C)cc12. The smallest absolute Gasteiger partial charge is 0.338 e. The Kier molecular flexibility index (Phi) is 5.58. The molecule has 0 N–H and O–H groups in total. The van der Waals surface area contributed by atoms with Crippen molar-refractivity contribution in [3.8, 4) is 11.3 Å². The highest BCUT2D eigenvalue weighted by Gasteiger charge is 2.17. The molecule has 3 nitrogen and oxygen atoms in total. The van der Waals surface area contributed by atoms with E-state index in [0.29, 0.717) is 17.2 Å². The Labute approximate surface area is 159 Å².